The maximum absolute atomic E-state index is 12.1. The standard InChI is InChI=1S/C15H23N3O/c16-9-6-13-7-11-18(12-8-13)15(19)5-4-14-3-1-2-10-17-14/h1-3,10,13H,4-9,11-12,16H2. The summed E-state index contributed by atoms with van der Waals surface area (Å²) in [4.78, 5) is 18.4. The van der Waals surface area contributed by atoms with Crippen molar-refractivity contribution in [2.75, 3.05) is 19.6 Å². The number of hydrogen-bond acceptors (Lipinski definition) is 3. The van der Waals surface area contributed by atoms with Crippen LogP contribution in [0.15, 0.2) is 24.4 Å². The third kappa shape index (κ3) is 4.31. The van der Waals surface area contributed by atoms with Gasteiger partial charge in [0.25, 0.3) is 0 Å². The van der Waals surface area contributed by atoms with Gasteiger partial charge in [0.05, 0.1) is 0 Å². The number of likely N-dealkylation sites (tertiary alicyclic amines) is 1. The van der Waals surface area contributed by atoms with Crippen LogP contribution in [0.3, 0.4) is 0 Å². The second-order valence-corrected chi connectivity index (χ2v) is 5.22. The third-order valence-corrected chi connectivity index (χ3v) is 3.86. The molecule has 0 aliphatic carbocycles. The van der Waals surface area contributed by atoms with E-state index in [4.69, 9.17) is 5.73 Å². The predicted molar refractivity (Wildman–Crippen MR) is 75.5 cm³/mol. The van der Waals surface area contributed by atoms with E-state index in [1.807, 2.05) is 23.1 Å². The number of nitrogens with zero attached hydrogens (tertiary/aromatic N) is 2. The topological polar surface area (TPSA) is 59.2 Å². The maximum atomic E-state index is 12.1. The van der Waals surface area contributed by atoms with Crippen molar-refractivity contribution in [2.45, 2.75) is 32.1 Å². The first-order valence-electron chi connectivity index (χ1n) is 7.17. The number of nitrogens with two attached hydrogens (primary N) is 1. The minimum absolute atomic E-state index is 0.261. The molecular weight excluding hydrogens is 238 g/mol. The Labute approximate surface area is 115 Å². The summed E-state index contributed by atoms with van der Waals surface area (Å²) in [6.45, 7) is 2.55. The number of aryl methyl sites for hydroxylation is 1. The van der Waals surface area contributed by atoms with E-state index in [2.05, 4.69) is 4.98 Å². The van der Waals surface area contributed by atoms with Crippen LogP contribution in [0.2, 0.25) is 0 Å². The smallest absolute Gasteiger partial charge is 0.222 e. The van der Waals surface area contributed by atoms with Gasteiger partial charge in [-0.1, -0.05) is 6.07 Å². The van der Waals surface area contributed by atoms with Gasteiger partial charge in [0.1, 0.15) is 0 Å². The van der Waals surface area contributed by atoms with Gasteiger partial charge in [-0.3, -0.25) is 9.78 Å². The Hall–Kier alpha value is -1.42. The molecule has 1 aromatic heterocycles. The SMILES string of the molecule is NCCC1CCN(C(=O)CCc2ccccn2)CC1. The number of rotatable bonds is 5. The second-order valence-electron chi connectivity index (χ2n) is 5.22. The fraction of sp³-hybridized carbons (Fsp3) is 0.600. The number of aromatic nitrogens is 1. The molecule has 1 amide bonds. The highest BCUT2D eigenvalue weighted by Gasteiger charge is 2.21. The molecule has 0 radical (unpaired) electrons. The Kier molecular flexibility index (Phi) is 5.33. The zero-order chi connectivity index (χ0) is 13.5. The summed E-state index contributed by atoms with van der Waals surface area (Å²) in [5.41, 5.74) is 6.57. The zero-order valence-electron chi connectivity index (χ0n) is 11.4. The Balaban J connectivity index is 1.73. The Morgan fingerprint density at radius 3 is 2.79 bits per heavy atom. The average molecular weight is 261 g/mol. The molecule has 0 atom stereocenters. The summed E-state index contributed by atoms with van der Waals surface area (Å²) in [5, 5.41) is 0. The lowest BCUT2D eigenvalue weighted by Gasteiger charge is -2.32. The molecule has 0 unspecified atom stereocenters. The average Bonchev–Trinajstić information content (AvgIpc) is 2.47. The fourth-order valence-electron chi connectivity index (χ4n) is 2.65. The van der Waals surface area contributed by atoms with Gasteiger partial charge in [-0.2, -0.15) is 0 Å². The van der Waals surface area contributed by atoms with Gasteiger partial charge in [0.2, 0.25) is 5.91 Å². The minimum atomic E-state index is 0.261. The number of pyridine rings is 1. The molecule has 1 aliphatic rings. The molecule has 2 N–H and O–H groups in total. The van der Waals surface area contributed by atoms with E-state index in [0.717, 1.165) is 51.0 Å². The Bertz CT molecular complexity index is 386. The van der Waals surface area contributed by atoms with Crippen molar-refractivity contribution in [3.8, 4) is 0 Å². The zero-order valence-corrected chi connectivity index (χ0v) is 11.4. The van der Waals surface area contributed by atoms with Crippen molar-refractivity contribution < 1.29 is 4.79 Å². The van der Waals surface area contributed by atoms with E-state index in [1.54, 1.807) is 6.20 Å². The molecule has 2 rings (SSSR count). The Morgan fingerprint density at radius 2 is 2.16 bits per heavy atom. The van der Waals surface area contributed by atoms with Gasteiger partial charge in [0.15, 0.2) is 0 Å². The first-order chi connectivity index (χ1) is 9.29. The first-order valence-corrected chi connectivity index (χ1v) is 7.17. The van der Waals surface area contributed by atoms with Crippen LogP contribution in [0.4, 0.5) is 0 Å². The molecular formula is C15H23N3O. The molecule has 4 heteroatoms. The van der Waals surface area contributed by atoms with Gasteiger partial charge in [-0.05, 0) is 50.3 Å². The molecule has 104 valence electrons. The van der Waals surface area contributed by atoms with Crippen LogP contribution in [-0.4, -0.2) is 35.4 Å². The van der Waals surface area contributed by atoms with Gasteiger partial charge in [0, 0.05) is 31.4 Å². The highest BCUT2D eigenvalue weighted by molar-refractivity contribution is 5.76. The highest BCUT2D eigenvalue weighted by atomic mass is 16.2. The maximum Gasteiger partial charge on any atom is 0.222 e. The van der Waals surface area contributed by atoms with Crippen molar-refractivity contribution >= 4 is 5.91 Å². The van der Waals surface area contributed by atoms with Crippen LogP contribution in [0.5, 0.6) is 0 Å². The third-order valence-electron chi connectivity index (χ3n) is 3.86. The molecule has 2 heterocycles. The lowest BCUT2D eigenvalue weighted by Crippen LogP contribution is -2.39. The minimum Gasteiger partial charge on any atom is -0.343 e. The molecule has 19 heavy (non-hydrogen) atoms. The van der Waals surface area contributed by atoms with Crippen molar-refractivity contribution in [2.24, 2.45) is 11.7 Å². The van der Waals surface area contributed by atoms with Crippen molar-refractivity contribution in [1.29, 1.82) is 0 Å². The van der Waals surface area contributed by atoms with Gasteiger partial charge in [-0.25, -0.2) is 0 Å². The fourth-order valence-corrected chi connectivity index (χ4v) is 2.65. The van der Waals surface area contributed by atoms with Crippen LogP contribution in [0, 0.1) is 5.92 Å². The lowest BCUT2D eigenvalue weighted by molar-refractivity contribution is -0.132. The summed E-state index contributed by atoms with van der Waals surface area (Å²) in [6.07, 6.45) is 6.38. The van der Waals surface area contributed by atoms with E-state index >= 15 is 0 Å². The van der Waals surface area contributed by atoms with Crippen LogP contribution >= 0.6 is 0 Å². The quantitative estimate of drug-likeness (QED) is 0.876. The molecule has 0 bridgehead atoms. The molecule has 0 aromatic carbocycles. The Morgan fingerprint density at radius 1 is 1.37 bits per heavy atom. The summed E-state index contributed by atoms with van der Waals surface area (Å²) in [5.74, 6) is 0.974. The van der Waals surface area contributed by atoms with E-state index < -0.39 is 0 Å². The molecule has 0 spiro atoms. The summed E-state index contributed by atoms with van der Waals surface area (Å²) in [6, 6.07) is 5.83. The molecule has 4 nitrogen and oxygen atoms in total. The molecule has 1 aliphatic heterocycles. The normalized spacial score (nSPS) is 16.6. The molecule has 1 saturated heterocycles. The summed E-state index contributed by atoms with van der Waals surface area (Å²) in [7, 11) is 0. The van der Waals surface area contributed by atoms with Gasteiger partial charge < -0.3 is 10.6 Å². The number of carbonyl (C=O) groups excluding carboxylic acids is 1. The lowest BCUT2D eigenvalue weighted by atomic mass is 9.93. The summed E-state index contributed by atoms with van der Waals surface area (Å²) < 4.78 is 0. The van der Waals surface area contributed by atoms with Crippen LogP contribution in [0.25, 0.3) is 0 Å². The summed E-state index contributed by atoms with van der Waals surface area (Å²) >= 11 is 0. The van der Waals surface area contributed by atoms with Crippen molar-refractivity contribution in [3.05, 3.63) is 30.1 Å². The largest absolute Gasteiger partial charge is 0.343 e. The molecule has 0 saturated carbocycles. The second kappa shape index (κ2) is 7.24. The number of carbonyl (C=O) groups is 1. The van der Waals surface area contributed by atoms with E-state index in [1.165, 1.54) is 0 Å². The van der Waals surface area contributed by atoms with Crippen LogP contribution in [0.1, 0.15) is 31.4 Å². The molecule has 1 fully saturated rings. The van der Waals surface area contributed by atoms with Crippen molar-refractivity contribution in [3.63, 3.8) is 0 Å². The van der Waals surface area contributed by atoms with Crippen molar-refractivity contribution in [1.82, 2.24) is 9.88 Å². The van der Waals surface area contributed by atoms with Gasteiger partial charge >= 0.3 is 0 Å². The van der Waals surface area contributed by atoms with Crippen LogP contribution < -0.4 is 5.73 Å². The highest BCUT2D eigenvalue weighted by Crippen LogP contribution is 2.20. The van der Waals surface area contributed by atoms with E-state index in [0.29, 0.717) is 12.3 Å². The van der Waals surface area contributed by atoms with E-state index in [9.17, 15) is 4.79 Å². The first kappa shape index (κ1) is 14.0. The number of amides is 1. The number of hydrogen-bond donors (Lipinski definition) is 1. The van der Waals surface area contributed by atoms with E-state index in [-0.39, 0.29) is 5.91 Å². The molecule has 1 aromatic rings. The monoisotopic (exact) mass is 261 g/mol. The van der Waals surface area contributed by atoms with Gasteiger partial charge in [-0.15, -0.1) is 0 Å². The number of piperidine rings is 1. The van der Waals surface area contributed by atoms with Crippen LogP contribution in [-0.2, 0) is 11.2 Å². The predicted octanol–water partition coefficient (Wildman–Crippen LogP) is 1.60.